The van der Waals surface area contributed by atoms with Gasteiger partial charge in [-0.05, 0) is 42.6 Å². The van der Waals surface area contributed by atoms with Crippen molar-refractivity contribution in [3.63, 3.8) is 0 Å². The lowest BCUT2D eigenvalue weighted by molar-refractivity contribution is -0.122. The van der Waals surface area contributed by atoms with Gasteiger partial charge in [0.15, 0.2) is 5.11 Å². The monoisotopic (exact) mass is 398 g/mol. The standard InChI is InChI=1S/C20H18N2O5S/c1-25-13-9-8-12(17(11-13)27-3)10-14-18(23)21-20(28)22(19(14)24)15-6-4-5-7-16(15)26-2/h4-11H,1-3H3,(H,21,23,28)/b14-10+. The van der Waals surface area contributed by atoms with Crippen LogP contribution in [-0.4, -0.2) is 38.3 Å². The van der Waals surface area contributed by atoms with Gasteiger partial charge >= 0.3 is 0 Å². The average Bonchev–Trinajstić information content (AvgIpc) is 2.71. The predicted octanol–water partition coefficient (Wildman–Crippen LogP) is 2.54. The van der Waals surface area contributed by atoms with Gasteiger partial charge in [-0.1, -0.05) is 12.1 Å². The number of carbonyl (C=O) groups excluding carboxylic acids is 2. The molecule has 1 aliphatic rings. The first-order chi connectivity index (χ1) is 13.5. The number of ether oxygens (including phenoxy) is 3. The van der Waals surface area contributed by atoms with Crippen molar-refractivity contribution in [2.45, 2.75) is 0 Å². The van der Waals surface area contributed by atoms with Gasteiger partial charge in [-0.15, -0.1) is 0 Å². The minimum atomic E-state index is -0.584. The molecule has 28 heavy (non-hydrogen) atoms. The fourth-order valence-electron chi connectivity index (χ4n) is 2.78. The lowest BCUT2D eigenvalue weighted by Gasteiger charge is -2.29. The van der Waals surface area contributed by atoms with E-state index in [0.29, 0.717) is 28.5 Å². The third-order valence-corrected chi connectivity index (χ3v) is 4.45. The maximum absolute atomic E-state index is 13.1. The van der Waals surface area contributed by atoms with E-state index in [4.69, 9.17) is 26.4 Å². The van der Waals surface area contributed by atoms with Gasteiger partial charge in [0.25, 0.3) is 11.8 Å². The molecule has 2 aromatic rings. The zero-order chi connectivity index (χ0) is 20.3. The Morgan fingerprint density at radius 1 is 0.964 bits per heavy atom. The SMILES string of the molecule is COc1ccc(/C=C2\C(=O)NC(=S)N(c3ccccc3OC)C2=O)c(OC)c1. The van der Waals surface area contributed by atoms with Gasteiger partial charge in [0.05, 0.1) is 27.0 Å². The highest BCUT2D eigenvalue weighted by Gasteiger charge is 2.35. The summed E-state index contributed by atoms with van der Waals surface area (Å²) < 4.78 is 15.8. The number of amides is 2. The van der Waals surface area contributed by atoms with Gasteiger partial charge in [0, 0.05) is 11.6 Å². The molecule has 144 valence electrons. The molecule has 1 fully saturated rings. The summed E-state index contributed by atoms with van der Waals surface area (Å²) in [5, 5.41) is 2.53. The van der Waals surface area contributed by atoms with Crippen LogP contribution in [0.25, 0.3) is 6.08 Å². The van der Waals surface area contributed by atoms with Gasteiger partial charge in [0.2, 0.25) is 0 Å². The number of anilines is 1. The Morgan fingerprint density at radius 3 is 2.36 bits per heavy atom. The Balaban J connectivity index is 2.07. The number of nitrogens with zero attached hydrogens (tertiary/aromatic N) is 1. The summed E-state index contributed by atoms with van der Waals surface area (Å²) in [6, 6.07) is 12.0. The van der Waals surface area contributed by atoms with Crippen LogP contribution in [0, 0.1) is 0 Å². The van der Waals surface area contributed by atoms with E-state index in [1.807, 2.05) is 0 Å². The Hall–Kier alpha value is -3.39. The number of benzene rings is 2. The van der Waals surface area contributed by atoms with E-state index in [0.717, 1.165) is 0 Å². The van der Waals surface area contributed by atoms with Crippen molar-refractivity contribution in [2.24, 2.45) is 0 Å². The molecule has 0 aliphatic carbocycles. The quantitative estimate of drug-likeness (QED) is 0.474. The maximum Gasteiger partial charge on any atom is 0.270 e. The summed E-state index contributed by atoms with van der Waals surface area (Å²) in [6.45, 7) is 0. The van der Waals surface area contributed by atoms with Gasteiger partial charge in [0.1, 0.15) is 22.8 Å². The van der Waals surface area contributed by atoms with Crippen LogP contribution in [0.2, 0.25) is 0 Å². The molecular formula is C20H18N2O5S. The van der Waals surface area contributed by atoms with Crippen molar-refractivity contribution in [2.75, 3.05) is 26.2 Å². The molecule has 1 N–H and O–H groups in total. The van der Waals surface area contributed by atoms with Crippen molar-refractivity contribution in [1.82, 2.24) is 5.32 Å². The lowest BCUT2D eigenvalue weighted by atomic mass is 10.1. The van der Waals surface area contributed by atoms with E-state index in [9.17, 15) is 9.59 Å². The molecule has 2 aromatic carbocycles. The van der Waals surface area contributed by atoms with Crippen LogP contribution in [0.15, 0.2) is 48.0 Å². The molecule has 0 radical (unpaired) electrons. The van der Waals surface area contributed by atoms with Gasteiger partial charge in [-0.25, -0.2) is 4.90 Å². The van der Waals surface area contributed by atoms with Crippen LogP contribution < -0.4 is 24.4 Å². The molecule has 0 aromatic heterocycles. The zero-order valence-corrected chi connectivity index (χ0v) is 16.3. The first-order valence-electron chi connectivity index (χ1n) is 8.26. The largest absolute Gasteiger partial charge is 0.497 e. The molecule has 1 heterocycles. The normalized spacial score (nSPS) is 15.5. The summed E-state index contributed by atoms with van der Waals surface area (Å²) in [5.74, 6) is 0.366. The molecule has 2 amide bonds. The molecule has 0 spiro atoms. The molecule has 0 saturated carbocycles. The van der Waals surface area contributed by atoms with Crippen molar-refractivity contribution in [3.8, 4) is 17.2 Å². The highest BCUT2D eigenvalue weighted by Crippen LogP contribution is 2.32. The van der Waals surface area contributed by atoms with Crippen LogP contribution >= 0.6 is 12.2 Å². The van der Waals surface area contributed by atoms with Crippen LogP contribution in [0.3, 0.4) is 0 Å². The molecular weight excluding hydrogens is 380 g/mol. The van der Waals surface area contributed by atoms with E-state index in [1.165, 1.54) is 32.3 Å². The minimum Gasteiger partial charge on any atom is -0.497 e. The first kappa shape index (κ1) is 19.4. The molecule has 1 aliphatic heterocycles. The van der Waals surface area contributed by atoms with E-state index >= 15 is 0 Å². The summed E-state index contributed by atoms with van der Waals surface area (Å²) in [6.07, 6.45) is 1.46. The van der Waals surface area contributed by atoms with Gasteiger partial charge in [-0.2, -0.15) is 0 Å². The molecule has 1 saturated heterocycles. The number of hydrogen-bond donors (Lipinski definition) is 1. The minimum absolute atomic E-state index is 0.0154. The highest BCUT2D eigenvalue weighted by atomic mass is 32.1. The van der Waals surface area contributed by atoms with Crippen LogP contribution in [-0.2, 0) is 9.59 Å². The smallest absolute Gasteiger partial charge is 0.270 e. The summed E-state index contributed by atoms with van der Waals surface area (Å²) in [5.41, 5.74) is 0.908. The number of thiocarbonyl (C=S) groups is 1. The van der Waals surface area contributed by atoms with Crippen molar-refractivity contribution in [3.05, 3.63) is 53.6 Å². The van der Waals surface area contributed by atoms with Crippen LogP contribution in [0.5, 0.6) is 17.2 Å². The summed E-state index contributed by atoms with van der Waals surface area (Å²) in [7, 11) is 4.53. The molecule has 7 nitrogen and oxygen atoms in total. The fourth-order valence-corrected chi connectivity index (χ4v) is 3.06. The van der Waals surface area contributed by atoms with E-state index in [2.05, 4.69) is 5.32 Å². The Labute approximate surface area is 167 Å². The van der Waals surface area contributed by atoms with E-state index < -0.39 is 11.8 Å². The molecule has 0 unspecified atom stereocenters. The average molecular weight is 398 g/mol. The Bertz CT molecular complexity index is 986. The second-order valence-corrected chi connectivity index (χ2v) is 6.12. The van der Waals surface area contributed by atoms with E-state index in [1.54, 1.807) is 42.5 Å². The number of para-hydroxylation sites is 2. The number of carbonyl (C=O) groups is 2. The predicted molar refractivity (Wildman–Crippen MR) is 109 cm³/mol. The Kier molecular flexibility index (Phi) is 5.60. The van der Waals surface area contributed by atoms with Crippen molar-refractivity contribution >= 4 is 40.9 Å². The second-order valence-electron chi connectivity index (χ2n) is 5.74. The van der Waals surface area contributed by atoms with Crippen LogP contribution in [0.4, 0.5) is 5.69 Å². The number of methoxy groups -OCH3 is 3. The van der Waals surface area contributed by atoms with Crippen molar-refractivity contribution < 1.29 is 23.8 Å². The summed E-state index contributed by atoms with van der Waals surface area (Å²) in [4.78, 5) is 26.8. The molecule has 8 heteroatoms. The molecule has 0 atom stereocenters. The van der Waals surface area contributed by atoms with Gasteiger partial charge in [-0.3, -0.25) is 14.9 Å². The maximum atomic E-state index is 13.1. The zero-order valence-electron chi connectivity index (χ0n) is 15.5. The molecule has 3 rings (SSSR count). The summed E-state index contributed by atoms with van der Waals surface area (Å²) >= 11 is 5.22. The number of hydrogen-bond acceptors (Lipinski definition) is 6. The third kappa shape index (κ3) is 3.54. The lowest BCUT2D eigenvalue weighted by Crippen LogP contribution is -2.54. The van der Waals surface area contributed by atoms with Crippen molar-refractivity contribution in [1.29, 1.82) is 0 Å². The van der Waals surface area contributed by atoms with Crippen LogP contribution in [0.1, 0.15) is 5.56 Å². The van der Waals surface area contributed by atoms with Gasteiger partial charge < -0.3 is 14.2 Å². The highest BCUT2D eigenvalue weighted by molar-refractivity contribution is 7.80. The molecule has 0 bridgehead atoms. The van der Waals surface area contributed by atoms with E-state index in [-0.39, 0.29) is 10.7 Å². The number of rotatable bonds is 5. The second kappa shape index (κ2) is 8.10. The number of nitrogens with one attached hydrogen (secondary N) is 1. The topological polar surface area (TPSA) is 77.1 Å². The Morgan fingerprint density at radius 2 is 1.68 bits per heavy atom. The third-order valence-electron chi connectivity index (χ3n) is 4.17. The fraction of sp³-hybridized carbons (Fsp3) is 0.150. The first-order valence-corrected chi connectivity index (χ1v) is 8.67.